The first-order chi connectivity index (χ1) is 14.9. The summed E-state index contributed by atoms with van der Waals surface area (Å²) < 4.78 is 1.83. The minimum atomic E-state index is -0.813. The zero-order chi connectivity index (χ0) is 22.4. The fourth-order valence-electron chi connectivity index (χ4n) is 3.49. The lowest BCUT2D eigenvalue weighted by Crippen LogP contribution is -2.28. The van der Waals surface area contributed by atoms with Crippen LogP contribution in [0.4, 0.5) is 5.69 Å². The first kappa shape index (κ1) is 22.9. The number of carbonyl (C=O) groups is 1. The predicted octanol–water partition coefficient (Wildman–Crippen LogP) is 4.44. The van der Waals surface area contributed by atoms with Crippen LogP contribution in [0, 0.1) is 0 Å². The summed E-state index contributed by atoms with van der Waals surface area (Å²) in [5.41, 5.74) is 1.86. The molecule has 2 aromatic carbocycles. The van der Waals surface area contributed by atoms with Crippen molar-refractivity contribution in [3.8, 4) is 0 Å². The summed E-state index contributed by atoms with van der Waals surface area (Å²) in [6, 6.07) is 15.4. The van der Waals surface area contributed by atoms with Crippen molar-refractivity contribution in [2.45, 2.75) is 49.8 Å². The molecule has 0 aliphatic carbocycles. The van der Waals surface area contributed by atoms with Gasteiger partial charge in [-0.05, 0) is 56.2 Å². The number of hydrogen-bond acceptors (Lipinski definition) is 5. The molecule has 1 N–H and O–H groups in total. The lowest BCUT2D eigenvalue weighted by atomic mass is 10.2. The second-order valence-corrected chi connectivity index (χ2v) is 9.03. The Labute approximate surface area is 186 Å². The minimum absolute atomic E-state index is 0.0330. The van der Waals surface area contributed by atoms with Gasteiger partial charge in [-0.1, -0.05) is 19.1 Å². The quantitative estimate of drug-likeness (QED) is 0.471. The number of para-hydroxylation sites is 1. The van der Waals surface area contributed by atoms with E-state index in [0.29, 0.717) is 11.9 Å². The largest absolute Gasteiger partial charge is 0.480 e. The van der Waals surface area contributed by atoms with Crippen LogP contribution in [0.2, 0.25) is 0 Å². The van der Waals surface area contributed by atoms with Crippen molar-refractivity contribution in [2.24, 2.45) is 0 Å². The van der Waals surface area contributed by atoms with Crippen LogP contribution in [0.3, 0.4) is 0 Å². The first-order valence-corrected chi connectivity index (χ1v) is 11.5. The van der Waals surface area contributed by atoms with Crippen molar-refractivity contribution in [3.63, 3.8) is 0 Å². The summed E-state index contributed by atoms with van der Waals surface area (Å²) in [5.74, 6) is 0.0369. The molecule has 1 atom stereocenters. The van der Waals surface area contributed by atoms with Crippen molar-refractivity contribution in [1.82, 2.24) is 9.55 Å². The molecule has 0 bridgehead atoms. The maximum atomic E-state index is 13.0. The van der Waals surface area contributed by atoms with E-state index in [1.165, 1.54) is 11.8 Å². The fraction of sp³-hybridized carbons (Fsp3) is 0.375. The normalized spacial score (nSPS) is 12.1. The average molecular weight is 440 g/mol. The van der Waals surface area contributed by atoms with Gasteiger partial charge in [-0.3, -0.25) is 14.2 Å². The Kier molecular flexibility index (Phi) is 7.74. The highest BCUT2D eigenvalue weighted by Gasteiger charge is 2.13. The van der Waals surface area contributed by atoms with Gasteiger partial charge in [-0.2, -0.15) is 0 Å². The molecule has 31 heavy (non-hydrogen) atoms. The van der Waals surface area contributed by atoms with Gasteiger partial charge in [0.2, 0.25) is 0 Å². The van der Waals surface area contributed by atoms with Gasteiger partial charge >= 0.3 is 5.97 Å². The number of aryl methyl sites for hydroxylation is 1. The Morgan fingerprint density at radius 2 is 1.90 bits per heavy atom. The molecule has 0 amide bonds. The highest BCUT2D eigenvalue weighted by atomic mass is 32.2. The lowest BCUT2D eigenvalue weighted by molar-refractivity contribution is -0.136. The van der Waals surface area contributed by atoms with Gasteiger partial charge in [-0.25, -0.2) is 4.98 Å². The third-order valence-corrected chi connectivity index (χ3v) is 6.33. The first-order valence-electron chi connectivity index (χ1n) is 10.6. The van der Waals surface area contributed by atoms with Gasteiger partial charge in [0, 0.05) is 37.1 Å². The summed E-state index contributed by atoms with van der Waals surface area (Å²) in [6.07, 6.45) is 2.54. The van der Waals surface area contributed by atoms with Crippen LogP contribution in [0.15, 0.2) is 58.2 Å². The number of nitrogens with zero attached hydrogens (tertiary/aromatic N) is 3. The number of rotatable bonds is 10. The zero-order valence-electron chi connectivity index (χ0n) is 18.2. The number of carboxylic acid groups (broad SMARTS) is 1. The highest BCUT2D eigenvalue weighted by Crippen LogP contribution is 2.25. The van der Waals surface area contributed by atoms with E-state index in [0.717, 1.165) is 47.7 Å². The molecule has 1 heterocycles. The molecule has 0 fully saturated rings. The van der Waals surface area contributed by atoms with E-state index >= 15 is 0 Å². The fourth-order valence-corrected chi connectivity index (χ4v) is 4.29. The number of aromatic nitrogens is 2. The van der Waals surface area contributed by atoms with Gasteiger partial charge in [0.15, 0.2) is 0 Å². The smallest absolute Gasteiger partial charge is 0.316 e. The zero-order valence-corrected chi connectivity index (χ0v) is 19.1. The molecule has 0 saturated heterocycles. The molecule has 0 radical (unpaired) electrons. The molecule has 3 rings (SSSR count). The molecule has 3 aromatic rings. The van der Waals surface area contributed by atoms with Crippen molar-refractivity contribution >= 4 is 34.3 Å². The second-order valence-electron chi connectivity index (χ2n) is 7.62. The topological polar surface area (TPSA) is 75.4 Å². The molecular weight excluding hydrogens is 410 g/mol. The van der Waals surface area contributed by atoms with Crippen LogP contribution in [-0.2, 0) is 17.8 Å². The molecule has 0 saturated carbocycles. The van der Waals surface area contributed by atoms with E-state index in [4.69, 9.17) is 10.1 Å². The van der Waals surface area contributed by atoms with E-state index in [1.54, 1.807) is 6.92 Å². The van der Waals surface area contributed by atoms with Crippen molar-refractivity contribution in [2.75, 3.05) is 18.5 Å². The Balaban J connectivity index is 1.66. The van der Waals surface area contributed by atoms with E-state index < -0.39 is 11.2 Å². The number of fused-ring (bicyclic) bond motifs is 1. The molecule has 6 nitrogen and oxygen atoms in total. The monoisotopic (exact) mass is 439 g/mol. The number of carboxylic acids is 1. The minimum Gasteiger partial charge on any atom is -0.480 e. The summed E-state index contributed by atoms with van der Waals surface area (Å²) in [7, 11) is 2.02. The van der Waals surface area contributed by atoms with Gasteiger partial charge in [0.05, 0.1) is 10.9 Å². The molecule has 0 aliphatic rings. The molecule has 1 aromatic heterocycles. The molecule has 0 aliphatic heterocycles. The number of thioether (sulfide) groups is 1. The Morgan fingerprint density at radius 1 is 1.19 bits per heavy atom. The maximum Gasteiger partial charge on any atom is 0.316 e. The standard InChI is InChI=1S/C24H29N3O3S/c1-4-8-22-25-21-10-6-5-9-20(21)23(28)27(22)16-7-15-26(3)18-11-13-19(14-12-18)31-17(2)24(29)30/h5-6,9-14,17H,4,7-8,15-16H2,1-3H3,(H,29,30). The van der Waals surface area contributed by atoms with Gasteiger partial charge in [-0.15, -0.1) is 11.8 Å². The van der Waals surface area contributed by atoms with E-state index in [2.05, 4.69) is 11.8 Å². The summed E-state index contributed by atoms with van der Waals surface area (Å²) >= 11 is 1.33. The summed E-state index contributed by atoms with van der Waals surface area (Å²) in [4.78, 5) is 31.8. The maximum absolute atomic E-state index is 13.0. The van der Waals surface area contributed by atoms with Crippen molar-refractivity contribution in [3.05, 3.63) is 64.7 Å². The van der Waals surface area contributed by atoms with Crippen LogP contribution in [0.25, 0.3) is 10.9 Å². The molecule has 7 heteroatoms. The summed E-state index contributed by atoms with van der Waals surface area (Å²) in [5, 5.41) is 9.24. The van der Waals surface area contributed by atoms with Crippen molar-refractivity contribution < 1.29 is 9.90 Å². The Bertz CT molecular complexity index is 1100. The molecule has 0 spiro atoms. The van der Waals surface area contributed by atoms with Crippen LogP contribution in [0.1, 0.15) is 32.5 Å². The highest BCUT2D eigenvalue weighted by molar-refractivity contribution is 8.00. The third-order valence-electron chi connectivity index (χ3n) is 5.23. The van der Waals surface area contributed by atoms with E-state index in [1.807, 2.05) is 60.1 Å². The molecular formula is C24H29N3O3S. The van der Waals surface area contributed by atoms with Gasteiger partial charge in [0.1, 0.15) is 11.1 Å². The van der Waals surface area contributed by atoms with Crippen LogP contribution in [-0.4, -0.2) is 39.5 Å². The van der Waals surface area contributed by atoms with E-state index in [-0.39, 0.29) is 5.56 Å². The summed E-state index contributed by atoms with van der Waals surface area (Å²) in [6.45, 7) is 5.20. The van der Waals surface area contributed by atoms with E-state index in [9.17, 15) is 9.59 Å². The van der Waals surface area contributed by atoms with Gasteiger partial charge in [0.25, 0.3) is 5.56 Å². The predicted molar refractivity (Wildman–Crippen MR) is 127 cm³/mol. The van der Waals surface area contributed by atoms with Gasteiger partial charge < -0.3 is 10.0 Å². The second kappa shape index (κ2) is 10.5. The third kappa shape index (κ3) is 5.67. The molecule has 1 unspecified atom stereocenters. The number of hydrogen-bond donors (Lipinski definition) is 1. The van der Waals surface area contributed by atoms with Crippen molar-refractivity contribution in [1.29, 1.82) is 0 Å². The number of anilines is 1. The number of benzene rings is 2. The lowest BCUT2D eigenvalue weighted by Gasteiger charge is -2.21. The van der Waals surface area contributed by atoms with Crippen LogP contribution >= 0.6 is 11.8 Å². The number of aliphatic carboxylic acids is 1. The average Bonchev–Trinajstić information content (AvgIpc) is 2.76. The molecule has 164 valence electrons. The Morgan fingerprint density at radius 3 is 2.58 bits per heavy atom. The van der Waals surface area contributed by atoms with Crippen LogP contribution < -0.4 is 10.5 Å². The Hall–Kier alpha value is -2.80. The van der Waals surface area contributed by atoms with Crippen LogP contribution in [0.5, 0.6) is 0 Å². The SMILES string of the molecule is CCCc1nc2ccccc2c(=O)n1CCCN(C)c1ccc(SC(C)C(=O)O)cc1.